The summed E-state index contributed by atoms with van der Waals surface area (Å²) in [4.78, 5) is 30.5. The molecular weight excluding hydrogens is 330 g/mol. The Balaban J connectivity index is 1.79. The molecule has 1 aromatic heterocycles. The van der Waals surface area contributed by atoms with Crippen molar-refractivity contribution in [3.05, 3.63) is 89.0 Å². The van der Waals surface area contributed by atoms with Crippen LogP contribution < -0.4 is 0 Å². The van der Waals surface area contributed by atoms with Crippen LogP contribution in [0.15, 0.2) is 66.7 Å². The molecule has 4 aromatic rings. The molecule has 1 aliphatic carbocycles. The van der Waals surface area contributed by atoms with Gasteiger partial charge in [0.1, 0.15) is 5.01 Å². The number of nitrogens with zero attached hydrogens (tertiary/aromatic N) is 1. The SMILES string of the molecule is O=C1c2ccccc2C(=O)c2c1ccc1nc(-c3ccccc3)sc21. The highest BCUT2D eigenvalue weighted by Crippen LogP contribution is 2.37. The third kappa shape index (κ3) is 2.01. The number of aromatic nitrogens is 1. The van der Waals surface area contributed by atoms with Crippen LogP contribution in [0.4, 0.5) is 0 Å². The fraction of sp³-hybridized carbons (Fsp3) is 0. The van der Waals surface area contributed by atoms with Crippen LogP contribution >= 0.6 is 11.3 Å². The molecule has 0 radical (unpaired) electrons. The Morgan fingerprint density at radius 1 is 0.680 bits per heavy atom. The summed E-state index contributed by atoms with van der Waals surface area (Å²) in [6.45, 7) is 0. The molecule has 3 aromatic carbocycles. The summed E-state index contributed by atoms with van der Waals surface area (Å²) in [6.07, 6.45) is 0. The summed E-state index contributed by atoms with van der Waals surface area (Å²) in [5, 5.41) is 0.850. The molecule has 1 heterocycles. The summed E-state index contributed by atoms with van der Waals surface area (Å²) in [5.41, 5.74) is 3.67. The average Bonchev–Trinajstić information content (AvgIpc) is 3.10. The van der Waals surface area contributed by atoms with Gasteiger partial charge in [-0.25, -0.2) is 4.98 Å². The molecule has 4 heteroatoms. The molecule has 0 spiro atoms. The molecule has 25 heavy (non-hydrogen) atoms. The Morgan fingerprint density at radius 2 is 1.36 bits per heavy atom. The van der Waals surface area contributed by atoms with E-state index in [2.05, 4.69) is 4.98 Å². The molecule has 118 valence electrons. The number of rotatable bonds is 1. The lowest BCUT2D eigenvalue weighted by Gasteiger charge is -2.17. The number of hydrogen-bond donors (Lipinski definition) is 0. The van der Waals surface area contributed by atoms with Crippen molar-refractivity contribution in [2.45, 2.75) is 0 Å². The van der Waals surface area contributed by atoms with E-state index >= 15 is 0 Å². The number of ketones is 2. The molecule has 5 rings (SSSR count). The highest BCUT2D eigenvalue weighted by atomic mass is 32.1. The van der Waals surface area contributed by atoms with E-state index in [1.54, 1.807) is 30.3 Å². The standard InChI is InChI=1S/C21H11NO2S/c23-18-13-8-4-5-9-14(13)19(24)17-15(18)10-11-16-20(17)25-21(22-16)12-6-2-1-3-7-12/h1-11H. The van der Waals surface area contributed by atoms with Crippen molar-refractivity contribution >= 4 is 33.1 Å². The molecule has 3 nitrogen and oxygen atoms in total. The molecule has 0 bridgehead atoms. The number of fused-ring (bicyclic) bond motifs is 4. The highest BCUT2D eigenvalue weighted by molar-refractivity contribution is 7.22. The van der Waals surface area contributed by atoms with Crippen LogP contribution in [-0.2, 0) is 0 Å². The van der Waals surface area contributed by atoms with Gasteiger partial charge < -0.3 is 0 Å². The zero-order valence-electron chi connectivity index (χ0n) is 13.0. The molecule has 0 N–H and O–H groups in total. The van der Waals surface area contributed by atoms with Gasteiger partial charge in [0.25, 0.3) is 0 Å². The van der Waals surface area contributed by atoms with Crippen LogP contribution in [0.25, 0.3) is 20.8 Å². The first-order valence-corrected chi connectivity index (χ1v) is 8.73. The second kappa shape index (κ2) is 5.19. The minimum Gasteiger partial charge on any atom is -0.289 e. The van der Waals surface area contributed by atoms with Gasteiger partial charge in [-0.05, 0) is 12.1 Å². The van der Waals surface area contributed by atoms with Crippen molar-refractivity contribution < 1.29 is 9.59 Å². The summed E-state index contributed by atoms with van der Waals surface area (Å²) in [6, 6.07) is 20.4. The molecule has 0 saturated carbocycles. The maximum absolute atomic E-state index is 13.0. The lowest BCUT2D eigenvalue weighted by Crippen LogP contribution is -2.20. The van der Waals surface area contributed by atoms with E-state index in [1.165, 1.54) is 11.3 Å². The number of benzene rings is 3. The smallest absolute Gasteiger partial charge is 0.196 e. The fourth-order valence-electron chi connectivity index (χ4n) is 3.27. The average molecular weight is 341 g/mol. The Hall–Kier alpha value is -3.11. The van der Waals surface area contributed by atoms with Crippen LogP contribution in [-0.4, -0.2) is 16.6 Å². The molecule has 0 saturated heterocycles. The van der Waals surface area contributed by atoms with Crippen LogP contribution in [0.3, 0.4) is 0 Å². The van der Waals surface area contributed by atoms with Crippen molar-refractivity contribution in [3.8, 4) is 10.6 Å². The van der Waals surface area contributed by atoms with Crippen molar-refractivity contribution in [2.75, 3.05) is 0 Å². The minimum absolute atomic E-state index is 0.0956. The third-order valence-corrected chi connectivity index (χ3v) is 5.60. The highest BCUT2D eigenvalue weighted by Gasteiger charge is 2.31. The van der Waals surface area contributed by atoms with Crippen molar-refractivity contribution in [3.63, 3.8) is 0 Å². The molecule has 0 fully saturated rings. The number of carbonyl (C=O) groups is 2. The Morgan fingerprint density at radius 3 is 2.12 bits per heavy atom. The van der Waals surface area contributed by atoms with E-state index in [4.69, 9.17) is 0 Å². The van der Waals surface area contributed by atoms with E-state index in [-0.39, 0.29) is 11.6 Å². The summed E-state index contributed by atoms with van der Waals surface area (Å²) >= 11 is 1.46. The zero-order valence-corrected chi connectivity index (χ0v) is 13.8. The van der Waals surface area contributed by atoms with Gasteiger partial charge in [-0.2, -0.15) is 0 Å². The van der Waals surface area contributed by atoms with Crippen LogP contribution in [0.5, 0.6) is 0 Å². The van der Waals surface area contributed by atoms with Gasteiger partial charge in [0.15, 0.2) is 11.6 Å². The van der Waals surface area contributed by atoms with E-state index in [1.807, 2.05) is 36.4 Å². The van der Waals surface area contributed by atoms with Crippen molar-refractivity contribution in [2.24, 2.45) is 0 Å². The largest absolute Gasteiger partial charge is 0.289 e. The Bertz CT molecular complexity index is 1180. The van der Waals surface area contributed by atoms with E-state index in [0.717, 1.165) is 20.8 Å². The van der Waals surface area contributed by atoms with Crippen LogP contribution in [0, 0.1) is 0 Å². The van der Waals surface area contributed by atoms with E-state index < -0.39 is 0 Å². The first kappa shape index (κ1) is 14.3. The topological polar surface area (TPSA) is 47.0 Å². The Labute approximate surface area is 147 Å². The lowest BCUT2D eigenvalue weighted by molar-refractivity contribution is 0.0980. The van der Waals surface area contributed by atoms with Crippen molar-refractivity contribution in [1.29, 1.82) is 0 Å². The zero-order chi connectivity index (χ0) is 17.0. The van der Waals surface area contributed by atoms with Gasteiger partial charge in [-0.15, -0.1) is 11.3 Å². The van der Waals surface area contributed by atoms with Crippen LogP contribution in [0.2, 0.25) is 0 Å². The van der Waals surface area contributed by atoms with Gasteiger partial charge >= 0.3 is 0 Å². The predicted octanol–water partition coefficient (Wildman–Crippen LogP) is 4.74. The fourth-order valence-corrected chi connectivity index (χ4v) is 4.38. The summed E-state index contributed by atoms with van der Waals surface area (Å²) in [7, 11) is 0. The molecule has 0 amide bonds. The van der Waals surface area contributed by atoms with Gasteiger partial charge in [-0.1, -0.05) is 54.6 Å². The minimum atomic E-state index is -0.0981. The monoisotopic (exact) mass is 341 g/mol. The predicted molar refractivity (Wildman–Crippen MR) is 98.4 cm³/mol. The first-order valence-electron chi connectivity index (χ1n) is 7.91. The first-order chi connectivity index (χ1) is 12.2. The van der Waals surface area contributed by atoms with E-state index in [9.17, 15) is 9.59 Å². The van der Waals surface area contributed by atoms with Gasteiger partial charge in [-0.3, -0.25) is 9.59 Å². The quantitative estimate of drug-likeness (QED) is 0.442. The maximum atomic E-state index is 13.0. The summed E-state index contributed by atoms with van der Waals surface area (Å²) < 4.78 is 0.782. The second-order valence-electron chi connectivity index (χ2n) is 5.93. The second-order valence-corrected chi connectivity index (χ2v) is 6.92. The van der Waals surface area contributed by atoms with E-state index in [0.29, 0.717) is 22.3 Å². The molecule has 1 aliphatic rings. The van der Waals surface area contributed by atoms with Gasteiger partial charge in [0.05, 0.1) is 15.8 Å². The third-order valence-electron chi connectivity index (χ3n) is 4.47. The van der Waals surface area contributed by atoms with Gasteiger partial charge in [0, 0.05) is 22.3 Å². The van der Waals surface area contributed by atoms with Crippen LogP contribution in [0.1, 0.15) is 31.8 Å². The normalized spacial score (nSPS) is 13.0. The molecule has 0 unspecified atom stereocenters. The Kier molecular flexibility index (Phi) is 2.96. The molecule has 0 atom stereocenters. The lowest BCUT2D eigenvalue weighted by atomic mass is 9.84. The van der Waals surface area contributed by atoms with Gasteiger partial charge in [0.2, 0.25) is 0 Å². The number of carbonyl (C=O) groups excluding carboxylic acids is 2. The molecular formula is C21H11NO2S. The molecule has 0 aliphatic heterocycles. The van der Waals surface area contributed by atoms with Crippen molar-refractivity contribution in [1.82, 2.24) is 4.98 Å². The number of thiazole rings is 1. The number of hydrogen-bond acceptors (Lipinski definition) is 4. The summed E-state index contributed by atoms with van der Waals surface area (Å²) in [5.74, 6) is -0.194. The maximum Gasteiger partial charge on any atom is 0.196 e.